The SMILES string of the molecule is OCCN(CC1CCC(Oc2cc(-n3c(C(F)F)nc4ccccc43)nc(N3CCOCC3)n2)CC1)C1CCCCC1. The van der Waals surface area contributed by atoms with Crippen LogP contribution in [0.4, 0.5) is 14.7 Å². The number of rotatable bonds is 10. The van der Waals surface area contributed by atoms with Gasteiger partial charge in [0.05, 0.1) is 30.9 Å². The highest BCUT2D eigenvalue weighted by molar-refractivity contribution is 5.78. The predicted molar refractivity (Wildman–Crippen MR) is 157 cm³/mol. The highest BCUT2D eigenvalue weighted by Crippen LogP contribution is 2.33. The van der Waals surface area contributed by atoms with Crippen LogP contribution >= 0.6 is 0 Å². The number of halogens is 2. The predicted octanol–water partition coefficient (Wildman–Crippen LogP) is 5.15. The molecule has 228 valence electrons. The molecule has 9 nitrogen and oxygen atoms in total. The van der Waals surface area contributed by atoms with Gasteiger partial charge in [0, 0.05) is 38.3 Å². The number of para-hydroxylation sites is 2. The summed E-state index contributed by atoms with van der Waals surface area (Å²) in [6, 6.07) is 9.37. The number of morpholine rings is 1. The zero-order valence-corrected chi connectivity index (χ0v) is 24.2. The number of hydrogen-bond donors (Lipinski definition) is 1. The Hall–Kier alpha value is -2.89. The van der Waals surface area contributed by atoms with Crippen molar-refractivity contribution in [2.75, 3.05) is 50.9 Å². The maximum Gasteiger partial charge on any atom is 0.296 e. The van der Waals surface area contributed by atoms with Gasteiger partial charge in [-0.2, -0.15) is 9.97 Å². The lowest BCUT2D eigenvalue weighted by Crippen LogP contribution is -2.42. The van der Waals surface area contributed by atoms with E-state index in [-0.39, 0.29) is 18.5 Å². The lowest BCUT2D eigenvalue weighted by Gasteiger charge is -2.38. The smallest absolute Gasteiger partial charge is 0.296 e. The third-order valence-electron chi connectivity index (χ3n) is 9.03. The van der Waals surface area contributed by atoms with Crippen molar-refractivity contribution in [2.24, 2.45) is 5.92 Å². The van der Waals surface area contributed by atoms with Gasteiger partial charge in [-0.1, -0.05) is 31.4 Å². The molecular formula is C31H42F2N6O3. The van der Waals surface area contributed by atoms with Gasteiger partial charge >= 0.3 is 0 Å². The van der Waals surface area contributed by atoms with Crippen molar-refractivity contribution in [3.8, 4) is 11.7 Å². The fourth-order valence-electron chi connectivity index (χ4n) is 6.84. The molecule has 2 aliphatic carbocycles. The second-order valence-electron chi connectivity index (χ2n) is 11.8. The third-order valence-corrected chi connectivity index (χ3v) is 9.03. The topological polar surface area (TPSA) is 88.8 Å². The maximum absolute atomic E-state index is 14.2. The molecule has 1 aliphatic heterocycles. The fourth-order valence-corrected chi connectivity index (χ4v) is 6.84. The van der Waals surface area contributed by atoms with Crippen LogP contribution < -0.4 is 9.64 Å². The number of benzene rings is 1. The minimum Gasteiger partial charge on any atom is -0.474 e. The van der Waals surface area contributed by atoms with Gasteiger partial charge in [0.25, 0.3) is 6.43 Å². The third kappa shape index (κ3) is 6.68. The summed E-state index contributed by atoms with van der Waals surface area (Å²) in [5, 5.41) is 9.69. The van der Waals surface area contributed by atoms with Crippen LogP contribution in [-0.2, 0) is 4.74 Å². The van der Waals surface area contributed by atoms with Crippen LogP contribution in [-0.4, -0.2) is 87.7 Å². The molecule has 2 aromatic heterocycles. The Kier molecular flexibility index (Phi) is 9.46. The molecule has 2 saturated carbocycles. The van der Waals surface area contributed by atoms with Gasteiger partial charge in [0.2, 0.25) is 11.8 Å². The fraction of sp³-hybridized carbons (Fsp3) is 0.645. The number of fused-ring (bicyclic) bond motifs is 1. The molecule has 0 spiro atoms. The van der Waals surface area contributed by atoms with E-state index in [1.165, 1.54) is 36.7 Å². The van der Waals surface area contributed by atoms with Crippen molar-refractivity contribution in [2.45, 2.75) is 76.4 Å². The van der Waals surface area contributed by atoms with E-state index in [1.807, 2.05) is 11.0 Å². The number of aromatic nitrogens is 4. The number of hydrogen-bond acceptors (Lipinski definition) is 8. The van der Waals surface area contributed by atoms with Crippen LogP contribution in [0.5, 0.6) is 5.88 Å². The Morgan fingerprint density at radius 3 is 2.48 bits per heavy atom. The second-order valence-corrected chi connectivity index (χ2v) is 11.8. The summed E-state index contributed by atoms with van der Waals surface area (Å²) in [5.74, 6) is 1.40. The molecule has 0 radical (unpaired) electrons. The molecule has 6 rings (SSSR count). The molecule has 0 unspecified atom stereocenters. The first-order valence-electron chi connectivity index (χ1n) is 15.6. The van der Waals surface area contributed by atoms with Gasteiger partial charge in [0.15, 0.2) is 5.82 Å². The number of nitrogens with zero attached hydrogens (tertiary/aromatic N) is 6. The largest absolute Gasteiger partial charge is 0.474 e. The quantitative estimate of drug-likeness (QED) is 0.350. The van der Waals surface area contributed by atoms with Crippen molar-refractivity contribution in [3.63, 3.8) is 0 Å². The Labute approximate surface area is 245 Å². The molecule has 1 aromatic carbocycles. The summed E-state index contributed by atoms with van der Waals surface area (Å²) < 4.78 is 41.8. The van der Waals surface area contributed by atoms with Gasteiger partial charge in [-0.15, -0.1) is 0 Å². The van der Waals surface area contributed by atoms with Crippen LogP contribution in [0.3, 0.4) is 0 Å². The molecule has 0 atom stereocenters. The van der Waals surface area contributed by atoms with Crippen molar-refractivity contribution in [3.05, 3.63) is 36.2 Å². The second kappa shape index (κ2) is 13.6. The molecule has 42 heavy (non-hydrogen) atoms. The standard InChI is InChI=1S/C31H42F2N6O3/c32-29(33)30-34-25-8-4-5-9-26(25)39(30)27-20-28(36-31(35-27)37-15-18-41-19-16-37)42-24-12-10-22(11-13-24)21-38(14-17-40)23-6-2-1-3-7-23/h4-5,8-9,20,22-24,29,40H,1-3,6-7,10-19,21H2. The Morgan fingerprint density at radius 2 is 1.74 bits per heavy atom. The highest BCUT2D eigenvalue weighted by Gasteiger charge is 2.29. The van der Waals surface area contributed by atoms with Gasteiger partial charge in [-0.3, -0.25) is 9.47 Å². The van der Waals surface area contributed by atoms with E-state index >= 15 is 0 Å². The van der Waals surface area contributed by atoms with Crippen LogP contribution in [0.25, 0.3) is 16.9 Å². The number of alkyl halides is 2. The molecule has 3 aliphatic rings. The summed E-state index contributed by atoms with van der Waals surface area (Å²) in [7, 11) is 0. The summed E-state index contributed by atoms with van der Waals surface area (Å²) >= 11 is 0. The van der Waals surface area contributed by atoms with E-state index < -0.39 is 6.43 Å². The Morgan fingerprint density at radius 1 is 0.976 bits per heavy atom. The van der Waals surface area contributed by atoms with Gasteiger partial charge in [-0.25, -0.2) is 13.8 Å². The van der Waals surface area contributed by atoms with Crippen molar-refractivity contribution < 1.29 is 23.4 Å². The molecule has 1 saturated heterocycles. The zero-order valence-electron chi connectivity index (χ0n) is 24.2. The monoisotopic (exact) mass is 584 g/mol. The van der Waals surface area contributed by atoms with E-state index in [2.05, 4.69) is 9.88 Å². The van der Waals surface area contributed by atoms with Crippen LogP contribution in [0, 0.1) is 5.92 Å². The first-order chi connectivity index (χ1) is 20.6. The van der Waals surface area contributed by atoms with Crippen LogP contribution in [0.2, 0.25) is 0 Å². The molecule has 0 bridgehead atoms. The van der Waals surface area contributed by atoms with E-state index in [0.29, 0.717) is 66.9 Å². The van der Waals surface area contributed by atoms with E-state index in [1.54, 1.807) is 24.3 Å². The maximum atomic E-state index is 14.2. The zero-order chi connectivity index (χ0) is 28.9. The number of ether oxygens (including phenoxy) is 2. The first-order valence-corrected chi connectivity index (χ1v) is 15.6. The minimum atomic E-state index is -2.77. The first kappa shape index (κ1) is 29.2. The number of anilines is 1. The normalized spacial score (nSPS) is 22.4. The number of imidazole rings is 1. The van der Waals surface area contributed by atoms with E-state index in [9.17, 15) is 13.9 Å². The summed E-state index contributed by atoms with van der Waals surface area (Å²) in [6.07, 6.45) is 7.51. The molecule has 3 aromatic rings. The molecule has 0 amide bonds. The summed E-state index contributed by atoms with van der Waals surface area (Å²) in [5.41, 5.74) is 1.06. The molecular weight excluding hydrogens is 542 g/mol. The van der Waals surface area contributed by atoms with Crippen LogP contribution in [0.1, 0.15) is 70.0 Å². The molecule has 3 fully saturated rings. The van der Waals surface area contributed by atoms with Gasteiger partial charge in [-0.05, 0) is 56.6 Å². The van der Waals surface area contributed by atoms with Crippen molar-refractivity contribution in [1.29, 1.82) is 0 Å². The van der Waals surface area contributed by atoms with E-state index in [4.69, 9.17) is 19.4 Å². The number of aliphatic hydroxyl groups is 1. The lowest BCUT2D eigenvalue weighted by atomic mass is 9.86. The van der Waals surface area contributed by atoms with Crippen molar-refractivity contribution >= 4 is 17.0 Å². The average Bonchev–Trinajstić information content (AvgIpc) is 3.43. The summed E-state index contributed by atoms with van der Waals surface area (Å²) in [4.78, 5) is 18.2. The Bertz CT molecular complexity index is 1300. The molecule has 1 N–H and O–H groups in total. The Balaban J connectivity index is 1.20. The van der Waals surface area contributed by atoms with Gasteiger partial charge in [0.1, 0.15) is 11.9 Å². The average molecular weight is 585 g/mol. The number of aliphatic hydroxyl groups excluding tert-OH is 1. The molecule has 3 heterocycles. The highest BCUT2D eigenvalue weighted by atomic mass is 19.3. The van der Waals surface area contributed by atoms with Crippen molar-refractivity contribution in [1.82, 2.24) is 24.4 Å². The lowest BCUT2D eigenvalue weighted by molar-refractivity contribution is 0.0736. The molecule has 11 heteroatoms. The summed E-state index contributed by atoms with van der Waals surface area (Å²) in [6.45, 7) is 4.32. The van der Waals surface area contributed by atoms with Crippen LogP contribution in [0.15, 0.2) is 30.3 Å². The van der Waals surface area contributed by atoms with E-state index in [0.717, 1.165) is 38.8 Å². The van der Waals surface area contributed by atoms with Gasteiger partial charge < -0.3 is 19.5 Å². The minimum absolute atomic E-state index is 0.00314.